The maximum atomic E-state index is 11.3. The van der Waals surface area contributed by atoms with Gasteiger partial charge >= 0.3 is 5.97 Å². The van der Waals surface area contributed by atoms with E-state index >= 15 is 0 Å². The molecular weight excluding hydrogens is 270 g/mol. The molecule has 3 heterocycles. The maximum absolute atomic E-state index is 11.3. The van der Waals surface area contributed by atoms with Crippen LogP contribution in [0.2, 0.25) is 0 Å². The van der Waals surface area contributed by atoms with Crippen LogP contribution in [0.15, 0.2) is 42.7 Å². The van der Waals surface area contributed by atoms with E-state index in [9.17, 15) is 9.90 Å². The average Bonchev–Trinajstić information content (AvgIpc) is 2.81. The van der Waals surface area contributed by atoms with E-state index in [1.165, 1.54) is 4.52 Å². The molecule has 0 fully saturated rings. The van der Waals surface area contributed by atoms with Gasteiger partial charge in [-0.15, -0.1) is 0 Å². The van der Waals surface area contributed by atoms with Crippen LogP contribution in [0.4, 0.5) is 0 Å². The number of aromatic nitrogens is 3. The highest BCUT2D eigenvalue weighted by atomic mass is 16.5. The van der Waals surface area contributed by atoms with Crippen LogP contribution in [0.25, 0.3) is 5.52 Å². The number of hydrogen-bond acceptors (Lipinski definition) is 4. The standard InChI is InChI=1S/C15H13N3O3/c1-10-14(15(19)20)13-8-12(5-7-18(13)17-10)21-9-11-4-2-3-6-16-11/h2-8H,9H2,1H3,(H,19,20). The van der Waals surface area contributed by atoms with Crippen molar-refractivity contribution in [2.24, 2.45) is 0 Å². The molecule has 6 nitrogen and oxygen atoms in total. The first-order valence-electron chi connectivity index (χ1n) is 6.40. The van der Waals surface area contributed by atoms with Crippen molar-refractivity contribution >= 4 is 11.5 Å². The third-order valence-corrected chi connectivity index (χ3v) is 3.11. The van der Waals surface area contributed by atoms with Crippen LogP contribution in [0.3, 0.4) is 0 Å². The lowest BCUT2D eigenvalue weighted by atomic mass is 10.2. The number of carbonyl (C=O) groups is 1. The van der Waals surface area contributed by atoms with Crippen molar-refractivity contribution in [2.45, 2.75) is 13.5 Å². The van der Waals surface area contributed by atoms with Gasteiger partial charge < -0.3 is 9.84 Å². The molecule has 0 saturated heterocycles. The molecule has 106 valence electrons. The molecule has 3 aromatic heterocycles. The molecule has 0 atom stereocenters. The minimum Gasteiger partial charge on any atom is -0.487 e. The zero-order chi connectivity index (χ0) is 14.8. The van der Waals surface area contributed by atoms with Gasteiger partial charge in [-0.05, 0) is 25.1 Å². The van der Waals surface area contributed by atoms with E-state index in [4.69, 9.17) is 4.74 Å². The quantitative estimate of drug-likeness (QED) is 0.795. The Morgan fingerprint density at radius 3 is 2.95 bits per heavy atom. The van der Waals surface area contributed by atoms with E-state index in [1.807, 2.05) is 18.2 Å². The third kappa shape index (κ3) is 2.55. The number of aryl methyl sites for hydroxylation is 1. The predicted molar refractivity (Wildman–Crippen MR) is 75.5 cm³/mol. The highest BCUT2D eigenvalue weighted by molar-refractivity contribution is 5.97. The second kappa shape index (κ2) is 5.24. The summed E-state index contributed by atoms with van der Waals surface area (Å²) in [5, 5.41) is 13.4. The lowest BCUT2D eigenvalue weighted by Gasteiger charge is -2.06. The van der Waals surface area contributed by atoms with Crippen LogP contribution in [0.1, 0.15) is 21.7 Å². The molecule has 0 amide bonds. The van der Waals surface area contributed by atoms with Gasteiger partial charge in [0.1, 0.15) is 17.9 Å². The number of rotatable bonds is 4. The van der Waals surface area contributed by atoms with Crippen molar-refractivity contribution in [1.29, 1.82) is 0 Å². The van der Waals surface area contributed by atoms with E-state index in [0.29, 0.717) is 23.6 Å². The largest absolute Gasteiger partial charge is 0.487 e. The summed E-state index contributed by atoms with van der Waals surface area (Å²) in [6.07, 6.45) is 3.38. The summed E-state index contributed by atoms with van der Waals surface area (Å²) in [6, 6.07) is 9.01. The molecule has 3 aromatic rings. The van der Waals surface area contributed by atoms with Crippen molar-refractivity contribution in [3.05, 3.63) is 59.7 Å². The summed E-state index contributed by atoms with van der Waals surface area (Å²) in [5.74, 6) is -0.417. The van der Waals surface area contributed by atoms with Crippen molar-refractivity contribution in [3.63, 3.8) is 0 Å². The van der Waals surface area contributed by atoms with Gasteiger partial charge in [0.2, 0.25) is 0 Å². The minimum atomic E-state index is -0.996. The third-order valence-electron chi connectivity index (χ3n) is 3.11. The van der Waals surface area contributed by atoms with Gasteiger partial charge in [0.15, 0.2) is 0 Å². The summed E-state index contributed by atoms with van der Waals surface area (Å²) < 4.78 is 7.18. The Bertz CT molecular complexity index is 797. The summed E-state index contributed by atoms with van der Waals surface area (Å²) in [4.78, 5) is 15.5. The maximum Gasteiger partial charge on any atom is 0.339 e. The molecule has 0 radical (unpaired) electrons. The number of aromatic carboxylic acids is 1. The van der Waals surface area contributed by atoms with E-state index in [0.717, 1.165) is 5.69 Å². The van der Waals surface area contributed by atoms with E-state index in [1.54, 1.807) is 31.5 Å². The summed E-state index contributed by atoms with van der Waals surface area (Å²) in [6.45, 7) is 2.00. The molecule has 3 rings (SSSR count). The Morgan fingerprint density at radius 2 is 2.24 bits per heavy atom. The number of carboxylic acid groups (broad SMARTS) is 1. The molecule has 0 aromatic carbocycles. The van der Waals surface area contributed by atoms with Crippen LogP contribution >= 0.6 is 0 Å². The van der Waals surface area contributed by atoms with Crippen molar-refractivity contribution < 1.29 is 14.6 Å². The predicted octanol–water partition coefficient (Wildman–Crippen LogP) is 2.31. The van der Waals surface area contributed by atoms with Crippen LogP contribution in [-0.2, 0) is 6.61 Å². The fraction of sp³-hybridized carbons (Fsp3) is 0.133. The molecule has 0 bridgehead atoms. The minimum absolute atomic E-state index is 0.193. The van der Waals surface area contributed by atoms with Gasteiger partial charge in [0, 0.05) is 18.5 Å². The van der Waals surface area contributed by atoms with Crippen LogP contribution in [0, 0.1) is 6.92 Å². The first-order chi connectivity index (χ1) is 10.1. The lowest BCUT2D eigenvalue weighted by molar-refractivity contribution is 0.0698. The number of pyridine rings is 2. The highest BCUT2D eigenvalue weighted by Gasteiger charge is 2.16. The first-order valence-corrected chi connectivity index (χ1v) is 6.40. The monoisotopic (exact) mass is 283 g/mol. The molecule has 6 heteroatoms. The van der Waals surface area contributed by atoms with Gasteiger partial charge in [-0.2, -0.15) is 5.10 Å². The fourth-order valence-corrected chi connectivity index (χ4v) is 2.14. The molecular formula is C15H13N3O3. The Labute approximate surface area is 120 Å². The molecule has 1 N–H and O–H groups in total. The molecule has 0 saturated carbocycles. The Hall–Kier alpha value is -2.89. The van der Waals surface area contributed by atoms with Gasteiger partial charge in [-0.25, -0.2) is 9.31 Å². The van der Waals surface area contributed by atoms with Gasteiger partial charge in [-0.1, -0.05) is 6.07 Å². The normalized spacial score (nSPS) is 10.7. The van der Waals surface area contributed by atoms with Gasteiger partial charge in [-0.3, -0.25) is 4.98 Å². The summed E-state index contributed by atoms with van der Waals surface area (Å²) >= 11 is 0. The number of hydrogen-bond donors (Lipinski definition) is 1. The second-order valence-corrected chi connectivity index (χ2v) is 4.57. The summed E-state index contributed by atoms with van der Waals surface area (Å²) in [5.41, 5.74) is 1.99. The molecule has 0 aliphatic carbocycles. The molecule has 0 unspecified atom stereocenters. The molecule has 0 spiro atoms. The molecule has 21 heavy (non-hydrogen) atoms. The second-order valence-electron chi connectivity index (χ2n) is 4.57. The van der Waals surface area contributed by atoms with E-state index < -0.39 is 5.97 Å². The SMILES string of the molecule is Cc1nn2ccc(OCc3ccccn3)cc2c1C(=O)O. The zero-order valence-electron chi connectivity index (χ0n) is 11.4. The Kier molecular flexibility index (Phi) is 3.27. The zero-order valence-corrected chi connectivity index (χ0v) is 11.4. The van der Waals surface area contributed by atoms with Crippen molar-refractivity contribution in [2.75, 3.05) is 0 Å². The first kappa shape index (κ1) is 13.1. The van der Waals surface area contributed by atoms with Crippen LogP contribution in [-0.4, -0.2) is 25.7 Å². The number of ether oxygens (including phenoxy) is 1. The average molecular weight is 283 g/mol. The fourth-order valence-electron chi connectivity index (χ4n) is 2.14. The smallest absolute Gasteiger partial charge is 0.339 e. The summed E-state index contributed by atoms with van der Waals surface area (Å²) in [7, 11) is 0. The van der Waals surface area contributed by atoms with E-state index in [2.05, 4.69) is 10.1 Å². The van der Waals surface area contributed by atoms with Crippen molar-refractivity contribution in [1.82, 2.24) is 14.6 Å². The Balaban J connectivity index is 1.90. The Morgan fingerprint density at radius 1 is 1.38 bits per heavy atom. The molecule has 0 aliphatic heterocycles. The topological polar surface area (TPSA) is 76.7 Å². The highest BCUT2D eigenvalue weighted by Crippen LogP contribution is 2.21. The number of carboxylic acids is 1. The number of nitrogens with zero attached hydrogens (tertiary/aromatic N) is 3. The lowest BCUT2D eigenvalue weighted by Crippen LogP contribution is -2.00. The van der Waals surface area contributed by atoms with Crippen LogP contribution in [0.5, 0.6) is 5.75 Å². The molecule has 0 aliphatic rings. The van der Waals surface area contributed by atoms with Crippen molar-refractivity contribution in [3.8, 4) is 5.75 Å². The number of fused-ring (bicyclic) bond motifs is 1. The van der Waals surface area contributed by atoms with E-state index in [-0.39, 0.29) is 5.56 Å². The van der Waals surface area contributed by atoms with Gasteiger partial charge in [0.25, 0.3) is 0 Å². The van der Waals surface area contributed by atoms with Crippen LogP contribution < -0.4 is 4.74 Å². The van der Waals surface area contributed by atoms with Gasteiger partial charge in [0.05, 0.1) is 16.9 Å².